The Bertz CT molecular complexity index is 761. The largest absolute Gasteiger partial charge is 0.301 e. The van der Waals surface area contributed by atoms with Gasteiger partial charge in [0.05, 0.1) is 10.8 Å². The van der Waals surface area contributed by atoms with Crippen LogP contribution in [0.15, 0.2) is 29.8 Å². The van der Waals surface area contributed by atoms with Crippen LogP contribution >= 0.6 is 22.9 Å². The van der Waals surface area contributed by atoms with Crippen molar-refractivity contribution in [2.24, 2.45) is 5.92 Å². The lowest BCUT2D eigenvalue weighted by Gasteiger charge is -2.20. The van der Waals surface area contributed by atoms with Gasteiger partial charge in [0.2, 0.25) is 5.91 Å². The van der Waals surface area contributed by atoms with E-state index in [0.29, 0.717) is 23.0 Å². The highest BCUT2D eigenvalue weighted by Gasteiger charge is 2.28. The number of halogens is 1. The van der Waals surface area contributed by atoms with E-state index in [9.17, 15) is 14.9 Å². The molecule has 132 valence electrons. The van der Waals surface area contributed by atoms with Crippen molar-refractivity contribution in [3.8, 4) is 0 Å². The summed E-state index contributed by atoms with van der Waals surface area (Å²) >= 11 is 7.26. The first-order valence-corrected chi connectivity index (χ1v) is 9.44. The summed E-state index contributed by atoms with van der Waals surface area (Å²) in [5.74, 6) is -0.178. The fraction of sp³-hybridized carbons (Fsp3) is 0.412. The number of thiazole rings is 1. The van der Waals surface area contributed by atoms with E-state index < -0.39 is 10.8 Å². The van der Waals surface area contributed by atoms with Gasteiger partial charge in [-0.15, -0.1) is 11.3 Å². The monoisotopic (exact) mass is 379 g/mol. The SMILES string of the molecule is O=C(Nc1nccs1)C(CC1CCCC1)c1ccc(Cl)c([N+](=O)[O-])c1. The second kappa shape index (κ2) is 7.93. The molecular weight excluding hydrogens is 362 g/mol. The third-order valence-corrected chi connectivity index (χ3v) is 5.60. The van der Waals surface area contributed by atoms with Gasteiger partial charge >= 0.3 is 0 Å². The zero-order valence-electron chi connectivity index (χ0n) is 13.5. The summed E-state index contributed by atoms with van der Waals surface area (Å²) < 4.78 is 0. The molecule has 1 fully saturated rings. The highest BCUT2D eigenvalue weighted by molar-refractivity contribution is 7.13. The van der Waals surface area contributed by atoms with Crippen LogP contribution in [-0.2, 0) is 4.79 Å². The van der Waals surface area contributed by atoms with Crippen LogP contribution in [0.4, 0.5) is 10.8 Å². The fourth-order valence-electron chi connectivity index (χ4n) is 3.34. The molecule has 6 nitrogen and oxygen atoms in total. The summed E-state index contributed by atoms with van der Waals surface area (Å²) in [5, 5.41) is 16.4. The number of carbonyl (C=O) groups is 1. The summed E-state index contributed by atoms with van der Waals surface area (Å²) in [7, 11) is 0. The van der Waals surface area contributed by atoms with Gasteiger partial charge in [-0.1, -0.05) is 43.4 Å². The van der Waals surface area contributed by atoms with Crippen molar-refractivity contribution in [2.45, 2.75) is 38.0 Å². The van der Waals surface area contributed by atoms with Gasteiger partial charge in [0.15, 0.2) is 5.13 Å². The molecule has 1 aromatic carbocycles. The van der Waals surface area contributed by atoms with Crippen molar-refractivity contribution >= 4 is 39.7 Å². The van der Waals surface area contributed by atoms with Crippen LogP contribution in [0.3, 0.4) is 0 Å². The molecule has 0 spiro atoms. The van der Waals surface area contributed by atoms with Gasteiger partial charge in [0, 0.05) is 17.6 Å². The molecule has 0 radical (unpaired) electrons. The van der Waals surface area contributed by atoms with Crippen LogP contribution in [0.25, 0.3) is 0 Å². The summed E-state index contributed by atoms with van der Waals surface area (Å²) in [6, 6.07) is 4.62. The predicted octanol–water partition coefficient (Wildman–Crippen LogP) is 5.01. The minimum absolute atomic E-state index is 0.0775. The molecule has 25 heavy (non-hydrogen) atoms. The fourth-order valence-corrected chi connectivity index (χ4v) is 4.06. The predicted molar refractivity (Wildman–Crippen MR) is 98.2 cm³/mol. The second-order valence-corrected chi connectivity index (χ2v) is 7.54. The van der Waals surface area contributed by atoms with Gasteiger partial charge in [0.25, 0.3) is 5.69 Å². The molecule has 1 aliphatic carbocycles. The van der Waals surface area contributed by atoms with E-state index in [1.165, 1.54) is 36.3 Å². The van der Waals surface area contributed by atoms with Crippen LogP contribution in [0, 0.1) is 16.0 Å². The number of aromatic nitrogens is 1. The van der Waals surface area contributed by atoms with Crippen LogP contribution < -0.4 is 5.32 Å². The topological polar surface area (TPSA) is 85.1 Å². The lowest BCUT2D eigenvalue weighted by atomic mass is 9.87. The van der Waals surface area contributed by atoms with Gasteiger partial charge < -0.3 is 5.32 Å². The Labute approximate surface area is 154 Å². The van der Waals surface area contributed by atoms with Crippen LogP contribution in [0.5, 0.6) is 0 Å². The Hall–Kier alpha value is -1.99. The molecule has 8 heteroatoms. The molecule has 1 saturated carbocycles. The summed E-state index contributed by atoms with van der Waals surface area (Å²) in [4.78, 5) is 27.6. The Morgan fingerprint density at radius 2 is 2.20 bits per heavy atom. The number of benzene rings is 1. The van der Waals surface area contributed by atoms with Crippen molar-refractivity contribution in [2.75, 3.05) is 5.32 Å². The maximum Gasteiger partial charge on any atom is 0.288 e. The Morgan fingerprint density at radius 3 is 2.84 bits per heavy atom. The van der Waals surface area contributed by atoms with Crippen molar-refractivity contribution in [1.82, 2.24) is 4.98 Å². The van der Waals surface area contributed by atoms with Crippen molar-refractivity contribution < 1.29 is 9.72 Å². The van der Waals surface area contributed by atoms with E-state index in [0.717, 1.165) is 12.8 Å². The van der Waals surface area contributed by atoms with Gasteiger partial charge in [-0.2, -0.15) is 0 Å². The normalized spacial score (nSPS) is 15.9. The van der Waals surface area contributed by atoms with Crippen LogP contribution in [-0.4, -0.2) is 15.8 Å². The molecule has 1 heterocycles. The summed E-state index contributed by atoms with van der Waals surface area (Å²) in [6.07, 6.45) is 6.83. The number of rotatable bonds is 6. The number of anilines is 1. The molecule has 1 amide bonds. The number of carbonyl (C=O) groups excluding carboxylic acids is 1. The van der Waals surface area contributed by atoms with E-state index in [1.807, 2.05) is 0 Å². The molecule has 0 bridgehead atoms. The third-order valence-electron chi connectivity index (χ3n) is 4.59. The van der Waals surface area contributed by atoms with Crippen molar-refractivity contribution in [3.63, 3.8) is 0 Å². The van der Waals surface area contributed by atoms with E-state index in [-0.39, 0.29) is 16.6 Å². The second-order valence-electron chi connectivity index (χ2n) is 6.23. The number of nitro groups is 1. The van der Waals surface area contributed by atoms with Gasteiger partial charge in [0.1, 0.15) is 5.02 Å². The molecule has 1 unspecified atom stereocenters. The number of amides is 1. The maximum atomic E-state index is 12.8. The first-order valence-electron chi connectivity index (χ1n) is 8.19. The zero-order chi connectivity index (χ0) is 17.8. The number of nitrogens with zero attached hydrogens (tertiary/aromatic N) is 2. The Morgan fingerprint density at radius 1 is 1.44 bits per heavy atom. The summed E-state index contributed by atoms with van der Waals surface area (Å²) in [5.41, 5.74) is 0.453. The molecule has 1 aliphatic rings. The first-order chi connectivity index (χ1) is 12.0. The number of hydrogen-bond donors (Lipinski definition) is 1. The standard InChI is InChI=1S/C17H18ClN3O3S/c18-14-6-5-12(10-15(14)21(23)24)13(9-11-3-1-2-4-11)16(22)20-17-19-7-8-25-17/h5-8,10-11,13H,1-4,9H2,(H,19,20,22). The highest BCUT2D eigenvalue weighted by Crippen LogP contribution is 2.37. The van der Waals surface area contributed by atoms with E-state index >= 15 is 0 Å². The minimum Gasteiger partial charge on any atom is -0.301 e. The van der Waals surface area contributed by atoms with E-state index in [4.69, 9.17) is 11.6 Å². The number of hydrogen-bond acceptors (Lipinski definition) is 5. The molecule has 1 N–H and O–H groups in total. The number of nitro benzene ring substituents is 1. The van der Waals surface area contributed by atoms with E-state index in [1.54, 1.807) is 17.6 Å². The average Bonchev–Trinajstić information content (AvgIpc) is 3.26. The zero-order valence-corrected chi connectivity index (χ0v) is 15.1. The third kappa shape index (κ3) is 4.35. The van der Waals surface area contributed by atoms with Crippen LogP contribution in [0.1, 0.15) is 43.6 Å². The van der Waals surface area contributed by atoms with Gasteiger partial charge in [-0.05, 0) is 24.0 Å². The van der Waals surface area contributed by atoms with Crippen molar-refractivity contribution in [3.05, 3.63) is 50.5 Å². The molecule has 1 aromatic heterocycles. The van der Waals surface area contributed by atoms with E-state index in [2.05, 4.69) is 10.3 Å². The lowest BCUT2D eigenvalue weighted by molar-refractivity contribution is -0.384. The minimum atomic E-state index is -0.517. The molecule has 1 atom stereocenters. The highest BCUT2D eigenvalue weighted by atomic mass is 35.5. The Balaban J connectivity index is 1.88. The number of nitrogens with one attached hydrogen (secondary N) is 1. The van der Waals surface area contributed by atoms with Gasteiger partial charge in [-0.3, -0.25) is 14.9 Å². The molecular formula is C17H18ClN3O3S. The lowest BCUT2D eigenvalue weighted by Crippen LogP contribution is -2.23. The molecule has 0 aliphatic heterocycles. The summed E-state index contributed by atoms with van der Waals surface area (Å²) in [6.45, 7) is 0. The molecule has 2 aromatic rings. The van der Waals surface area contributed by atoms with Crippen LogP contribution in [0.2, 0.25) is 5.02 Å². The maximum absolute atomic E-state index is 12.8. The quantitative estimate of drug-likeness (QED) is 0.564. The molecule has 0 saturated heterocycles. The average molecular weight is 380 g/mol. The molecule has 3 rings (SSSR count). The van der Waals surface area contributed by atoms with Crippen molar-refractivity contribution in [1.29, 1.82) is 0 Å². The Kier molecular flexibility index (Phi) is 5.65. The first kappa shape index (κ1) is 17.8. The van der Waals surface area contributed by atoms with Gasteiger partial charge in [-0.25, -0.2) is 4.98 Å². The smallest absolute Gasteiger partial charge is 0.288 e.